The SMILES string of the molecule is CC1CCOC12CCCC2(C)C. The predicted octanol–water partition coefficient (Wildman–Crippen LogP) is 2.99. The van der Waals surface area contributed by atoms with Gasteiger partial charge in [0.15, 0.2) is 0 Å². The fraction of sp³-hybridized carbons (Fsp3) is 1.00. The van der Waals surface area contributed by atoms with Gasteiger partial charge in [-0.25, -0.2) is 0 Å². The van der Waals surface area contributed by atoms with Crippen LogP contribution in [0.4, 0.5) is 0 Å². The molecule has 1 nitrogen and oxygen atoms in total. The molecular formula is C11H20O. The lowest BCUT2D eigenvalue weighted by Crippen LogP contribution is -2.43. The van der Waals surface area contributed by atoms with Crippen molar-refractivity contribution in [1.29, 1.82) is 0 Å². The summed E-state index contributed by atoms with van der Waals surface area (Å²) in [6.07, 6.45) is 5.26. The number of ether oxygens (including phenoxy) is 1. The van der Waals surface area contributed by atoms with Crippen LogP contribution < -0.4 is 0 Å². The number of hydrogen-bond donors (Lipinski definition) is 0. The largest absolute Gasteiger partial charge is 0.374 e. The Morgan fingerprint density at radius 3 is 2.42 bits per heavy atom. The molecule has 0 N–H and O–H groups in total. The average molecular weight is 168 g/mol. The summed E-state index contributed by atoms with van der Waals surface area (Å²) in [5.74, 6) is 0.773. The Kier molecular flexibility index (Phi) is 1.76. The normalized spacial score (nSPS) is 45.8. The number of rotatable bonds is 0. The van der Waals surface area contributed by atoms with E-state index in [9.17, 15) is 0 Å². The highest BCUT2D eigenvalue weighted by Crippen LogP contribution is 2.55. The molecule has 1 aliphatic heterocycles. The minimum absolute atomic E-state index is 0.243. The molecule has 0 bridgehead atoms. The van der Waals surface area contributed by atoms with Gasteiger partial charge in [-0.2, -0.15) is 0 Å². The van der Waals surface area contributed by atoms with Crippen molar-refractivity contribution in [2.24, 2.45) is 11.3 Å². The van der Waals surface area contributed by atoms with Crippen molar-refractivity contribution in [3.8, 4) is 0 Å². The van der Waals surface area contributed by atoms with Crippen LogP contribution in [0.3, 0.4) is 0 Å². The summed E-state index contributed by atoms with van der Waals surface area (Å²) in [6.45, 7) is 8.11. The molecule has 0 aromatic carbocycles. The van der Waals surface area contributed by atoms with Crippen LogP contribution in [0.2, 0.25) is 0 Å². The van der Waals surface area contributed by atoms with Gasteiger partial charge in [-0.15, -0.1) is 0 Å². The third kappa shape index (κ3) is 0.891. The van der Waals surface area contributed by atoms with Gasteiger partial charge >= 0.3 is 0 Å². The minimum Gasteiger partial charge on any atom is -0.374 e. The van der Waals surface area contributed by atoms with Crippen molar-refractivity contribution in [3.05, 3.63) is 0 Å². The first-order valence-corrected chi connectivity index (χ1v) is 5.22. The zero-order valence-electron chi connectivity index (χ0n) is 8.52. The highest BCUT2D eigenvalue weighted by Gasteiger charge is 2.55. The van der Waals surface area contributed by atoms with Gasteiger partial charge in [0, 0.05) is 6.61 Å². The summed E-state index contributed by atoms with van der Waals surface area (Å²) in [7, 11) is 0. The van der Waals surface area contributed by atoms with Gasteiger partial charge in [0.05, 0.1) is 5.60 Å². The summed E-state index contributed by atoms with van der Waals surface area (Å²) in [5, 5.41) is 0. The maximum Gasteiger partial charge on any atom is 0.0759 e. The lowest BCUT2D eigenvalue weighted by molar-refractivity contribution is -0.0853. The molecule has 0 amide bonds. The van der Waals surface area contributed by atoms with E-state index in [-0.39, 0.29) is 5.60 Å². The van der Waals surface area contributed by atoms with Gasteiger partial charge in [-0.3, -0.25) is 0 Å². The van der Waals surface area contributed by atoms with E-state index in [1.54, 1.807) is 0 Å². The van der Waals surface area contributed by atoms with Crippen molar-refractivity contribution in [2.45, 2.75) is 52.1 Å². The lowest BCUT2D eigenvalue weighted by atomic mass is 9.71. The average Bonchev–Trinajstić information content (AvgIpc) is 2.45. The van der Waals surface area contributed by atoms with E-state index in [0.29, 0.717) is 5.41 Å². The van der Waals surface area contributed by atoms with Crippen molar-refractivity contribution in [3.63, 3.8) is 0 Å². The Morgan fingerprint density at radius 2 is 2.00 bits per heavy atom. The molecule has 2 fully saturated rings. The molecule has 1 spiro atoms. The van der Waals surface area contributed by atoms with Gasteiger partial charge in [0.25, 0.3) is 0 Å². The van der Waals surface area contributed by atoms with E-state index in [1.807, 2.05) is 0 Å². The van der Waals surface area contributed by atoms with E-state index in [0.717, 1.165) is 12.5 Å². The fourth-order valence-electron chi connectivity index (χ4n) is 3.32. The Morgan fingerprint density at radius 1 is 1.25 bits per heavy atom. The summed E-state index contributed by atoms with van der Waals surface area (Å²) < 4.78 is 6.03. The van der Waals surface area contributed by atoms with E-state index in [1.165, 1.54) is 25.7 Å². The first kappa shape index (κ1) is 8.55. The maximum atomic E-state index is 6.03. The predicted molar refractivity (Wildman–Crippen MR) is 50.1 cm³/mol. The molecule has 1 saturated carbocycles. The van der Waals surface area contributed by atoms with Gasteiger partial charge in [-0.05, 0) is 37.0 Å². The highest BCUT2D eigenvalue weighted by atomic mass is 16.5. The molecule has 0 aromatic heterocycles. The molecule has 2 unspecified atom stereocenters. The smallest absolute Gasteiger partial charge is 0.0759 e. The molecule has 12 heavy (non-hydrogen) atoms. The van der Waals surface area contributed by atoms with Crippen LogP contribution >= 0.6 is 0 Å². The van der Waals surface area contributed by atoms with Gasteiger partial charge in [-0.1, -0.05) is 20.8 Å². The topological polar surface area (TPSA) is 9.23 Å². The zero-order valence-corrected chi connectivity index (χ0v) is 8.52. The summed E-state index contributed by atoms with van der Waals surface area (Å²) in [6, 6.07) is 0. The second-order valence-electron chi connectivity index (χ2n) is 5.17. The second kappa shape index (κ2) is 2.47. The van der Waals surface area contributed by atoms with Gasteiger partial charge < -0.3 is 4.74 Å². The Labute approximate surface area is 75.5 Å². The Bertz CT molecular complexity index is 181. The van der Waals surface area contributed by atoms with Crippen LogP contribution in [0.5, 0.6) is 0 Å². The molecule has 1 saturated heterocycles. The van der Waals surface area contributed by atoms with Crippen LogP contribution in [0, 0.1) is 11.3 Å². The molecule has 1 aliphatic carbocycles. The van der Waals surface area contributed by atoms with Gasteiger partial charge in [0.2, 0.25) is 0 Å². The summed E-state index contributed by atoms with van der Waals surface area (Å²) >= 11 is 0. The minimum atomic E-state index is 0.243. The molecule has 0 aromatic rings. The zero-order chi connectivity index (χ0) is 8.82. The van der Waals surface area contributed by atoms with Crippen LogP contribution in [0.1, 0.15) is 46.5 Å². The third-order valence-electron chi connectivity index (χ3n) is 4.20. The number of hydrogen-bond acceptors (Lipinski definition) is 1. The van der Waals surface area contributed by atoms with E-state index < -0.39 is 0 Å². The van der Waals surface area contributed by atoms with E-state index in [2.05, 4.69) is 20.8 Å². The first-order valence-electron chi connectivity index (χ1n) is 5.22. The quantitative estimate of drug-likeness (QED) is 0.540. The van der Waals surface area contributed by atoms with Crippen molar-refractivity contribution in [2.75, 3.05) is 6.61 Å². The van der Waals surface area contributed by atoms with Gasteiger partial charge in [0.1, 0.15) is 0 Å². The second-order valence-corrected chi connectivity index (χ2v) is 5.17. The van der Waals surface area contributed by atoms with E-state index >= 15 is 0 Å². The summed E-state index contributed by atoms with van der Waals surface area (Å²) in [4.78, 5) is 0. The van der Waals surface area contributed by atoms with Crippen molar-refractivity contribution in [1.82, 2.24) is 0 Å². The van der Waals surface area contributed by atoms with Crippen molar-refractivity contribution < 1.29 is 4.74 Å². The monoisotopic (exact) mass is 168 g/mol. The molecular weight excluding hydrogens is 148 g/mol. The first-order chi connectivity index (χ1) is 5.58. The van der Waals surface area contributed by atoms with Crippen LogP contribution in [-0.2, 0) is 4.74 Å². The summed E-state index contributed by atoms with van der Waals surface area (Å²) in [5.41, 5.74) is 0.663. The van der Waals surface area contributed by atoms with E-state index in [4.69, 9.17) is 4.74 Å². The maximum absolute atomic E-state index is 6.03. The third-order valence-corrected chi connectivity index (χ3v) is 4.20. The lowest BCUT2D eigenvalue weighted by Gasteiger charge is -2.40. The van der Waals surface area contributed by atoms with Crippen molar-refractivity contribution >= 4 is 0 Å². The molecule has 2 aliphatic rings. The highest BCUT2D eigenvalue weighted by molar-refractivity contribution is 5.05. The Balaban J connectivity index is 2.29. The molecule has 70 valence electrons. The molecule has 0 radical (unpaired) electrons. The Hall–Kier alpha value is -0.0400. The molecule has 1 heteroatoms. The molecule has 2 atom stereocenters. The van der Waals surface area contributed by atoms with Crippen LogP contribution in [0.25, 0.3) is 0 Å². The molecule has 1 heterocycles. The molecule has 2 rings (SSSR count). The standard InChI is InChI=1S/C11H20O/c1-9-5-8-12-11(9)7-4-6-10(11,2)3/h9H,4-8H2,1-3H3. The van der Waals surface area contributed by atoms with Crippen LogP contribution in [0.15, 0.2) is 0 Å². The van der Waals surface area contributed by atoms with Crippen LogP contribution in [-0.4, -0.2) is 12.2 Å². The fourth-order valence-corrected chi connectivity index (χ4v) is 3.32.